The highest BCUT2D eigenvalue weighted by atomic mass is 16.6. The molecular weight excluding hydrogens is 282 g/mol. The Labute approximate surface area is 128 Å². The first-order valence-corrected chi connectivity index (χ1v) is 6.80. The smallest absolute Gasteiger partial charge is 0.270 e. The van der Waals surface area contributed by atoms with Gasteiger partial charge in [0.05, 0.1) is 11.5 Å². The van der Waals surface area contributed by atoms with E-state index in [1.165, 1.54) is 24.3 Å². The lowest BCUT2D eigenvalue weighted by molar-refractivity contribution is -0.384. The summed E-state index contributed by atoms with van der Waals surface area (Å²) < 4.78 is 5.39. The van der Waals surface area contributed by atoms with Gasteiger partial charge in [0.2, 0.25) is 0 Å². The van der Waals surface area contributed by atoms with Gasteiger partial charge in [-0.15, -0.1) is 0 Å². The predicted molar refractivity (Wildman–Crippen MR) is 84.1 cm³/mol. The van der Waals surface area contributed by atoms with Crippen molar-refractivity contribution < 1.29 is 14.5 Å². The van der Waals surface area contributed by atoms with Gasteiger partial charge in [-0.3, -0.25) is 14.9 Å². The average molecular weight is 297 g/mol. The average Bonchev–Trinajstić information content (AvgIpc) is 2.53. The van der Waals surface area contributed by atoms with E-state index in [2.05, 4.69) is 0 Å². The molecule has 0 amide bonds. The number of benzene rings is 2. The Kier molecular flexibility index (Phi) is 5.03. The summed E-state index contributed by atoms with van der Waals surface area (Å²) in [5.41, 5.74) is 1.01. The Bertz CT molecular complexity index is 722. The van der Waals surface area contributed by atoms with Gasteiger partial charge in [0.25, 0.3) is 5.69 Å². The molecule has 2 aromatic carbocycles. The van der Waals surface area contributed by atoms with Gasteiger partial charge in [-0.1, -0.05) is 30.3 Å². The van der Waals surface area contributed by atoms with Gasteiger partial charge < -0.3 is 4.74 Å². The van der Waals surface area contributed by atoms with E-state index in [0.717, 1.165) is 11.3 Å². The van der Waals surface area contributed by atoms with Crippen LogP contribution in [0.5, 0.6) is 5.75 Å². The first-order chi connectivity index (χ1) is 10.6. The molecule has 0 fully saturated rings. The molecule has 0 bridgehead atoms. The maximum Gasteiger partial charge on any atom is 0.270 e. The summed E-state index contributed by atoms with van der Waals surface area (Å²) in [5, 5.41) is 10.7. The van der Waals surface area contributed by atoms with Crippen LogP contribution in [0.2, 0.25) is 0 Å². The van der Waals surface area contributed by atoms with E-state index >= 15 is 0 Å². The van der Waals surface area contributed by atoms with Crippen molar-refractivity contribution in [3.63, 3.8) is 0 Å². The van der Waals surface area contributed by atoms with Crippen molar-refractivity contribution in [2.24, 2.45) is 0 Å². The summed E-state index contributed by atoms with van der Waals surface area (Å²) in [6.07, 6.45) is 3.05. The van der Waals surface area contributed by atoms with Gasteiger partial charge in [0, 0.05) is 17.7 Å². The molecule has 0 heterocycles. The number of nitrogens with zero attached hydrogens (tertiary/aromatic N) is 1. The molecule has 0 N–H and O–H groups in total. The first kappa shape index (κ1) is 15.4. The van der Waals surface area contributed by atoms with Crippen molar-refractivity contribution in [2.45, 2.75) is 6.92 Å². The topological polar surface area (TPSA) is 69.4 Å². The second-order valence-electron chi connectivity index (χ2n) is 4.51. The van der Waals surface area contributed by atoms with E-state index in [1.54, 1.807) is 12.1 Å². The van der Waals surface area contributed by atoms with Crippen LogP contribution in [0.15, 0.2) is 54.6 Å². The highest BCUT2D eigenvalue weighted by molar-refractivity contribution is 6.07. The number of nitro benzene ring substituents is 1. The molecule has 0 saturated carbocycles. The van der Waals surface area contributed by atoms with Crippen LogP contribution >= 0.6 is 0 Å². The number of hydrogen-bond donors (Lipinski definition) is 0. The molecule has 0 aromatic heterocycles. The summed E-state index contributed by atoms with van der Waals surface area (Å²) in [6, 6.07) is 13.0. The molecule has 0 saturated heterocycles. The number of hydrogen-bond acceptors (Lipinski definition) is 4. The molecule has 0 aliphatic rings. The summed E-state index contributed by atoms with van der Waals surface area (Å²) in [4.78, 5) is 22.3. The molecule has 0 aliphatic carbocycles. The van der Waals surface area contributed by atoms with E-state index in [9.17, 15) is 14.9 Å². The van der Waals surface area contributed by atoms with Crippen LogP contribution in [0.3, 0.4) is 0 Å². The lowest BCUT2D eigenvalue weighted by Gasteiger charge is -2.03. The van der Waals surface area contributed by atoms with Gasteiger partial charge in [-0.2, -0.15) is 0 Å². The summed E-state index contributed by atoms with van der Waals surface area (Å²) in [6.45, 7) is 2.47. The number of allylic oxidation sites excluding steroid dienone is 1. The molecule has 0 radical (unpaired) electrons. The van der Waals surface area contributed by atoms with Gasteiger partial charge >= 0.3 is 0 Å². The highest BCUT2D eigenvalue weighted by Gasteiger charge is 2.09. The minimum Gasteiger partial charge on any atom is -0.494 e. The minimum atomic E-state index is -0.522. The van der Waals surface area contributed by atoms with Crippen LogP contribution in [0, 0.1) is 10.1 Å². The van der Waals surface area contributed by atoms with Crippen molar-refractivity contribution in [3.8, 4) is 5.75 Å². The summed E-state index contributed by atoms with van der Waals surface area (Å²) >= 11 is 0. The van der Waals surface area contributed by atoms with Crippen LogP contribution in [0.4, 0.5) is 5.69 Å². The van der Waals surface area contributed by atoms with E-state index in [4.69, 9.17) is 4.74 Å². The van der Waals surface area contributed by atoms with Gasteiger partial charge in [-0.05, 0) is 30.7 Å². The molecule has 22 heavy (non-hydrogen) atoms. The molecule has 2 rings (SSSR count). The zero-order chi connectivity index (χ0) is 15.9. The number of non-ortho nitro benzene ring substituents is 1. The van der Waals surface area contributed by atoms with Gasteiger partial charge in [0.15, 0.2) is 5.78 Å². The van der Waals surface area contributed by atoms with Gasteiger partial charge in [0.1, 0.15) is 5.75 Å². The highest BCUT2D eigenvalue weighted by Crippen LogP contribution is 2.16. The van der Waals surface area contributed by atoms with Gasteiger partial charge in [-0.25, -0.2) is 0 Å². The molecular formula is C17H15NO4. The standard InChI is InChI=1S/C17H15NO4/c1-2-22-16-8-3-5-13(11-16)9-10-17(19)14-6-4-7-15(12-14)18(20)21/h3-12H,2H2,1H3/b10-9+. The monoisotopic (exact) mass is 297 g/mol. The van der Waals surface area contributed by atoms with Crippen molar-refractivity contribution in [1.82, 2.24) is 0 Å². The zero-order valence-electron chi connectivity index (χ0n) is 12.1. The van der Waals surface area contributed by atoms with Crippen molar-refractivity contribution in [1.29, 1.82) is 0 Å². The van der Waals surface area contributed by atoms with E-state index in [0.29, 0.717) is 6.61 Å². The quantitative estimate of drug-likeness (QED) is 0.351. The van der Waals surface area contributed by atoms with Crippen LogP contribution in [0.1, 0.15) is 22.8 Å². The molecule has 0 spiro atoms. The number of nitro groups is 1. The minimum absolute atomic E-state index is 0.0995. The van der Waals surface area contributed by atoms with Crippen LogP contribution < -0.4 is 4.74 Å². The zero-order valence-corrected chi connectivity index (χ0v) is 12.1. The Balaban J connectivity index is 2.16. The largest absolute Gasteiger partial charge is 0.494 e. The van der Waals surface area contributed by atoms with Crippen LogP contribution in [-0.4, -0.2) is 17.3 Å². The Morgan fingerprint density at radius 3 is 2.73 bits per heavy atom. The Morgan fingerprint density at radius 1 is 1.23 bits per heavy atom. The van der Waals surface area contributed by atoms with E-state index in [1.807, 2.05) is 31.2 Å². The van der Waals surface area contributed by atoms with E-state index in [-0.39, 0.29) is 17.0 Å². The SMILES string of the molecule is CCOc1cccc(/C=C/C(=O)c2cccc([N+](=O)[O-])c2)c1. The van der Waals surface area contributed by atoms with Crippen molar-refractivity contribution in [3.05, 3.63) is 75.8 Å². The molecule has 5 heteroatoms. The number of ketones is 1. The van der Waals surface area contributed by atoms with E-state index < -0.39 is 4.92 Å². The van der Waals surface area contributed by atoms with Crippen molar-refractivity contribution >= 4 is 17.5 Å². The maximum atomic E-state index is 12.1. The normalized spacial score (nSPS) is 10.6. The third kappa shape index (κ3) is 4.02. The Hall–Kier alpha value is -2.95. The molecule has 0 atom stereocenters. The number of carbonyl (C=O) groups is 1. The number of rotatable bonds is 6. The second-order valence-corrected chi connectivity index (χ2v) is 4.51. The predicted octanol–water partition coefficient (Wildman–Crippen LogP) is 3.89. The first-order valence-electron chi connectivity index (χ1n) is 6.80. The molecule has 112 valence electrons. The molecule has 0 unspecified atom stereocenters. The number of carbonyl (C=O) groups excluding carboxylic acids is 1. The fourth-order valence-electron chi connectivity index (χ4n) is 1.92. The molecule has 2 aromatic rings. The summed E-state index contributed by atoms with van der Waals surface area (Å²) in [7, 11) is 0. The third-order valence-electron chi connectivity index (χ3n) is 2.94. The van der Waals surface area contributed by atoms with Crippen LogP contribution in [0.25, 0.3) is 6.08 Å². The Morgan fingerprint density at radius 2 is 2.00 bits per heavy atom. The summed E-state index contributed by atoms with van der Waals surface area (Å²) in [5.74, 6) is 0.443. The lowest BCUT2D eigenvalue weighted by Crippen LogP contribution is -1.96. The fraction of sp³-hybridized carbons (Fsp3) is 0.118. The molecule has 0 aliphatic heterocycles. The number of ether oxygens (including phenoxy) is 1. The lowest BCUT2D eigenvalue weighted by atomic mass is 10.1. The second kappa shape index (κ2) is 7.17. The fourth-order valence-corrected chi connectivity index (χ4v) is 1.92. The van der Waals surface area contributed by atoms with Crippen molar-refractivity contribution in [2.75, 3.05) is 6.61 Å². The van der Waals surface area contributed by atoms with Crippen LogP contribution in [-0.2, 0) is 0 Å². The third-order valence-corrected chi connectivity index (χ3v) is 2.94. The maximum absolute atomic E-state index is 12.1. The molecule has 5 nitrogen and oxygen atoms in total.